The first kappa shape index (κ1) is 17.3. The van der Waals surface area contributed by atoms with Gasteiger partial charge in [0.1, 0.15) is 0 Å². The fourth-order valence-electron chi connectivity index (χ4n) is 1.89. The van der Waals surface area contributed by atoms with E-state index in [2.05, 4.69) is 29.6 Å². The van der Waals surface area contributed by atoms with Crippen molar-refractivity contribution in [3.8, 4) is 31.2 Å². The molecule has 0 aliphatic rings. The van der Waals surface area contributed by atoms with Crippen LogP contribution < -0.4 is 9.47 Å². The fraction of sp³-hybridized carbons (Fsp3) is 0.200. The minimum absolute atomic E-state index is 0.826. The zero-order valence-corrected chi connectivity index (χ0v) is 16.8. The van der Waals surface area contributed by atoms with E-state index in [9.17, 15) is 0 Å². The number of methoxy groups -OCH3 is 2. The van der Waals surface area contributed by atoms with Crippen molar-refractivity contribution in [1.29, 1.82) is 0 Å². The molecule has 0 saturated carbocycles. The van der Waals surface area contributed by atoms with Crippen LogP contribution in [0, 0.1) is 19.7 Å². The minimum atomic E-state index is -2.70. The maximum absolute atomic E-state index is 5.22. The Morgan fingerprint density at radius 2 is 1.17 bits per heavy atom. The van der Waals surface area contributed by atoms with Crippen molar-refractivity contribution in [3.05, 3.63) is 59.7 Å². The molecule has 0 aliphatic heterocycles. The number of hydrogen-bond donors (Lipinski definition) is 0. The van der Waals surface area contributed by atoms with E-state index >= 15 is 0 Å². The number of hydrogen-bond acceptors (Lipinski definition) is 2. The van der Waals surface area contributed by atoms with Crippen LogP contribution in [0.5, 0.6) is 11.5 Å². The normalized spacial score (nSPS) is 9.91. The van der Waals surface area contributed by atoms with Gasteiger partial charge in [0.15, 0.2) is 0 Å². The Balaban J connectivity index is 2.19. The fourth-order valence-corrected chi connectivity index (χ4v) is 4.68. The maximum atomic E-state index is 5.22. The molecule has 23 heavy (non-hydrogen) atoms. The van der Waals surface area contributed by atoms with Gasteiger partial charge >= 0.3 is 143 Å². The summed E-state index contributed by atoms with van der Waals surface area (Å²) in [5, 5.41) is 0. The van der Waals surface area contributed by atoms with E-state index in [-0.39, 0.29) is 0 Å². The predicted octanol–water partition coefficient (Wildman–Crippen LogP) is 3.89. The molecule has 0 radical (unpaired) electrons. The first-order chi connectivity index (χ1) is 11.0. The van der Waals surface area contributed by atoms with Gasteiger partial charge in [0.05, 0.1) is 0 Å². The first-order valence-electron chi connectivity index (χ1n) is 7.37. The Hall–Kier alpha value is -2.04. The molecule has 0 heterocycles. The van der Waals surface area contributed by atoms with Crippen LogP contribution in [-0.2, 0) is 0 Å². The quantitative estimate of drug-likeness (QED) is 0.552. The molecule has 0 aliphatic carbocycles. The van der Waals surface area contributed by atoms with Gasteiger partial charge < -0.3 is 0 Å². The summed E-state index contributed by atoms with van der Waals surface area (Å²) in [5.41, 5.74) is 1.94. The van der Waals surface area contributed by atoms with Crippen LogP contribution in [0.3, 0.4) is 0 Å². The molecule has 3 heteroatoms. The van der Waals surface area contributed by atoms with E-state index in [1.165, 1.54) is 0 Å². The third kappa shape index (κ3) is 5.58. The third-order valence-electron chi connectivity index (χ3n) is 3.18. The summed E-state index contributed by atoms with van der Waals surface area (Å²) in [5.74, 6) is 8.16. The Morgan fingerprint density at radius 1 is 0.739 bits per heavy atom. The second-order valence-electron chi connectivity index (χ2n) is 5.59. The van der Waals surface area contributed by atoms with Crippen LogP contribution in [0.4, 0.5) is 0 Å². The number of ether oxygens (including phenoxy) is 2. The van der Waals surface area contributed by atoms with Gasteiger partial charge in [-0.3, -0.25) is 0 Å². The number of rotatable bonds is 2. The summed E-state index contributed by atoms with van der Waals surface area (Å²) < 4.78 is 17.3. The molecule has 2 aromatic carbocycles. The summed E-state index contributed by atoms with van der Waals surface area (Å²) in [7, 11) is 3.32. The Labute approximate surface area is 142 Å². The van der Waals surface area contributed by atoms with Crippen LogP contribution in [-0.4, -0.2) is 32.6 Å². The van der Waals surface area contributed by atoms with Crippen molar-refractivity contribution in [3.63, 3.8) is 0 Å². The van der Waals surface area contributed by atoms with Crippen molar-refractivity contribution in [1.82, 2.24) is 0 Å². The van der Waals surface area contributed by atoms with Crippen LogP contribution in [0.2, 0.25) is 9.88 Å². The number of benzene rings is 2. The van der Waals surface area contributed by atoms with Crippen molar-refractivity contribution in [2.45, 2.75) is 9.88 Å². The summed E-state index contributed by atoms with van der Waals surface area (Å²) in [6, 6.07) is 15.6. The van der Waals surface area contributed by atoms with Gasteiger partial charge in [0, 0.05) is 0 Å². The molecule has 0 amide bonds. The molecule has 0 spiro atoms. The second kappa shape index (κ2) is 7.99. The molecule has 0 saturated heterocycles. The van der Waals surface area contributed by atoms with Crippen molar-refractivity contribution >= 4 is 18.4 Å². The zero-order chi connectivity index (χ0) is 16.7. The second-order valence-corrected chi connectivity index (χ2v) is 16.3. The van der Waals surface area contributed by atoms with E-state index in [0.717, 1.165) is 22.6 Å². The van der Waals surface area contributed by atoms with E-state index in [1.807, 2.05) is 48.5 Å². The molecule has 116 valence electrons. The van der Waals surface area contributed by atoms with Crippen molar-refractivity contribution < 1.29 is 9.47 Å². The van der Waals surface area contributed by atoms with Gasteiger partial charge in [0.25, 0.3) is 0 Å². The molecule has 0 aromatic heterocycles. The molecule has 0 N–H and O–H groups in total. The molecule has 0 unspecified atom stereocenters. The summed E-state index contributed by atoms with van der Waals surface area (Å²) in [6.07, 6.45) is 0. The monoisotopic (exact) mass is 412 g/mol. The molecule has 0 bridgehead atoms. The molecular weight excluding hydrogens is 391 g/mol. The van der Waals surface area contributed by atoms with Gasteiger partial charge in [0.2, 0.25) is 0 Å². The summed E-state index contributed by atoms with van der Waals surface area (Å²) >= 11 is -2.70. The predicted molar refractivity (Wildman–Crippen MR) is 97.2 cm³/mol. The van der Waals surface area contributed by atoms with Crippen molar-refractivity contribution in [2.24, 2.45) is 0 Å². The molecule has 2 aromatic rings. The van der Waals surface area contributed by atoms with E-state index in [4.69, 9.17) is 9.47 Å². The van der Waals surface area contributed by atoms with Crippen LogP contribution in [0.1, 0.15) is 11.1 Å². The zero-order valence-electron chi connectivity index (χ0n) is 13.9. The molecule has 0 atom stereocenters. The van der Waals surface area contributed by atoms with Gasteiger partial charge in [-0.1, -0.05) is 0 Å². The van der Waals surface area contributed by atoms with E-state index in [0.29, 0.717) is 0 Å². The Kier molecular flexibility index (Phi) is 6.02. The molecule has 0 fully saturated rings. The van der Waals surface area contributed by atoms with Gasteiger partial charge in [-0.2, -0.15) is 0 Å². The molecular formula is C20H20O2Sn. The topological polar surface area (TPSA) is 18.5 Å². The van der Waals surface area contributed by atoms with E-state index < -0.39 is 18.4 Å². The average Bonchev–Trinajstić information content (AvgIpc) is 2.59. The standard InChI is InChI=1S/2C9H7O.2CH3.Sn/c2*1-3-8-5-4-6-9(7-8)10-2;;;/h2*4-7H,2H3;2*1H3;. The third-order valence-corrected chi connectivity index (χ3v) is 7.46. The van der Waals surface area contributed by atoms with Crippen molar-refractivity contribution in [2.75, 3.05) is 14.2 Å². The Bertz CT molecular complexity index is 734. The Morgan fingerprint density at radius 3 is 1.57 bits per heavy atom. The van der Waals surface area contributed by atoms with Crippen LogP contribution in [0.15, 0.2) is 48.5 Å². The van der Waals surface area contributed by atoms with Gasteiger partial charge in [-0.05, 0) is 0 Å². The summed E-state index contributed by atoms with van der Waals surface area (Å²) in [4.78, 5) is 4.43. The van der Waals surface area contributed by atoms with Crippen LogP contribution in [0.25, 0.3) is 0 Å². The summed E-state index contributed by atoms with van der Waals surface area (Å²) in [6.45, 7) is 0. The van der Waals surface area contributed by atoms with E-state index in [1.54, 1.807) is 14.2 Å². The van der Waals surface area contributed by atoms with Gasteiger partial charge in [-0.15, -0.1) is 0 Å². The molecule has 2 rings (SSSR count). The van der Waals surface area contributed by atoms with Gasteiger partial charge in [-0.25, -0.2) is 0 Å². The van der Waals surface area contributed by atoms with Crippen LogP contribution >= 0.6 is 0 Å². The average molecular weight is 411 g/mol. The molecule has 2 nitrogen and oxygen atoms in total. The first-order valence-corrected chi connectivity index (χ1v) is 15.9. The SMILES string of the molecule is COc1cccc(C#[C][Sn]([CH3])([CH3])[C]#Cc2cccc(OC)c2)c1.